The molecule has 19 heavy (non-hydrogen) atoms. The first-order valence-electron chi connectivity index (χ1n) is 6.98. The summed E-state index contributed by atoms with van der Waals surface area (Å²) >= 11 is 0. The molecule has 0 aliphatic carbocycles. The van der Waals surface area contributed by atoms with E-state index in [2.05, 4.69) is 5.32 Å². The third-order valence-corrected chi connectivity index (χ3v) is 5.46. The zero-order valence-corrected chi connectivity index (χ0v) is 13.0. The lowest BCUT2D eigenvalue weighted by Gasteiger charge is -2.31. The Hall–Kier alpha value is -0.620. The van der Waals surface area contributed by atoms with Gasteiger partial charge in [-0.15, -0.1) is 0 Å². The highest BCUT2D eigenvalue weighted by atomic mass is 32.2. The van der Waals surface area contributed by atoms with E-state index in [4.69, 9.17) is 0 Å². The number of nitrogens with zero attached hydrogens (tertiary/aromatic N) is 1. The number of rotatable bonds is 6. The molecule has 0 bridgehead atoms. The van der Waals surface area contributed by atoms with Crippen molar-refractivity contribution < 1.29 is 13.2 Å². The van der Waals surface area contributed by atoms with Gasteiger partial charge < -0.3 is 10.2 Å². The third kappa shape index (κ3) is 5.91. The second-order valence-electron chi connectivity index (χ2n) is 5.74. The van der Waals surface area contributed by atoms with Gasteiger partial charge in [0.05, 0.1) is 11.5 Å². The molecule has 1 aliphatic heterocycles. The minimum absolute atomic E-state index is 0.0284. The number of carbonyl (C=O) groups is 1. The number of piperidine rings is 1. The molecule has 0 aromatic rings. The van der Waals surface area contributed by atoms with E-state index in [-0.39, 0.29) is 35.8 Å². The largest absolute Gasteiger partial charge is 0.343 e. The van der Waals surface area contributed by atoms with E-state index in [0.717, 1.165) is 25.9 Å². The van der Waals surface area contributed by atoms with Crippen molar-refractivity contribution >= 4 is 15.7 Å². The maximum absolute atomic E-state index is 12.0. The van der Waals surface area contributed by atoms with Crippen molar-refractivity contribution in [3.63, 3.8) is 0 Å². The SMILES string of the molecule is CC(C)CS(=O)(=O)CCC(=O)N(C)C1CCNCC1. The van der Waals surface area contributed by atoms with Crippen LogP contribution in [0, 0.1) is 5.92 Å². The fourth-order valence-electron chi connectivity index (χ4n) is 2.41. The van der Waals surface area contributed by atoms with Crippen molar-refractivity contribution in [1.29, 1.82) is 0 Å². The number of hydrogen-bond donors (Lipinski definition) is 1. The summed E-state index contributed by atoms with van der Waals surface area (Å²) in [6.45, 7) is 5.60. The van der Waals surface area contributed by atoms with Crippen molar-refractivity contribution in [2.45, 2.75) is 39.2 Å². The highest BCUT2D eigenvalue weighted by Gasteiger charge is 2.23. The molecule has 1 rings (SSSR count). The van der Waals surface area contributed by atoms with Gasteiger partial charge in [0, 0.05) is 19.5 Å². The molecular formula is C13H26N2O3S. The van der Waals surface area contributed by atoms with Crippen LogP contribution in [0.3, 0.4) is 0 Å². The second-order valence-corrected chi connectivity index (χ2v) is 7.97. The van der Waals surface area contributed by atoms with Crippen LogP contribution in [0.2, 0.25) is 0 Å². The first kappa shape index (κ1) is 16.4. The first-order chi connectivity index (χ1) is 8.82. The monoisotopic (exact) mass is 290 g/mol. The zero-order chi connectivity index (χ0) is 14.5. The molecule has 0 radical (unpaired) electrons. The van der Waals surface area contributed by atoms with Crippen LogP contribution in [0.4, 0.5) is 0 Å². The Labute approximate surface area is 116 Å². The van der Waals surface area contributed by atoms with E-state index in [1.807, 2.05) is 13.8 Å². The van der Waals surface area contributed by atoms with E-state index < -0.39 is 9.84 Å². The Kier molecular flexibility index (Phi) is 6.26. The summed E-state index contributed by atoms with van der Waals surface area (Å²) < 4.78 is 23.5. The molecule has 1 heterocycles. The third-order valence-electron chi connectivity index (χ3n) is 3.46. The number of sulfone groups is 1. The molecule has 0 unspecified atom stereocenters. The van der Waals surface area contributed by atoms with Gasteiger partial charge in [0.25, 0.3) is 0 Å². The van der Waals surface area contributed by atoms with Gasteiger partial charge >= 0.3 is 0 Å². The molecule has 1 fully saturated rings. The van der Waals surface area contributed by atoms with Crippen LogP contribution in [0.25, 0.3) is 0 Å². The predicted octanol–water partition coefficient (Wildman–Crippen LogP) is 0.658. The number of nitrogens with one attached hydrogen (secondary N) is 1. The van der Waals surface area contributed by atoms with E-state index in [1.165, 1.54) is 0 Å². The highest BCUT2D eigenvalue weighted by molar-refractivity contribution is 7.91. The Morgan fingerprint density at radius 2 is 1.89 bits per heavy atom. The fourth-order valence-corrected chi connectivity index (χ4v) is 4.08. The van der Waals surface area contributed by atoms with Crippen LogP contribution in [0.15, 0.2) is 0 Å². The summed E-state index contributed by atoms with van der Waals surface area (Å²) in [5.41, 5.74) is 0. The van der Waals surface area contributed by atoms with Crippen LogP contribution in [0.5, 0.6) is 0 Å². The lowest BCUT2D eigenvalue weighted by atomic mass is 10.1. The maximum atomic E-state index is 12.0. The molecule has 1 amide bonds. The van der Waals surface area contributed by atoms with Gasteiger partial charge in [0.15, 0.2) is 9.84 Å². The number of hydrogen-bond acceptors (Lipinski definition) is 4. The van der Waals surface area contributed by atoms with Crippen molar-refractivity contribution in [3.8, 4) is 0 Å². The van der Waals surface area contributed by atoms with Crippen LogP contribution >= 0.6 is 0 Å². The zero-order valence-electron chi connectivity index (χ0n) is 12.2. The molecule has 0 atom stereocenters. The molecule has 5 nitrogen and oxygen atoms in total. The Morgan fingerprint density at radius 3 is 2.42 bits per heavy atom. The molecule has 1 N–H and O–H groups in total. The molecule has 1 saturated heterocycles. The summed E-state index contributed by atoms with van der Waals surface area (Å²) in [6.07, 6.45) is 2.00. The summed E-state index contributed by atoms with van der Waals surface area (Å²) in [5.74, 6) is 0.193. The van der Waals surface area contributed by atoms with Gasteiger partial charge in [-0.3, -0.25) is 4.79 Å². The van der Waals surface area contributed by atoms with E-state index in [0.29, 0.717) is 0 Å². The summed E-state index contributed by atoms with van der Waals surface area (Å²) in [4.78, 5) is 13.7. The van der Waals surface area contributed by atoms with E-state index in [1.54, 1.807) is 11.9 Å². The molecular weight excluding hydrogens is 264 g/mol. The Morgan fingerprint density at radius 1 is 1.32 bits per heavy atom. The molecule has 0 spiro atoms. The van der Waals surface area contributed by atoms with Crippen LogP contribution in [-0.4, -0.2) is 56.9 Å². The molecule has 0 aromatic carbocycles. The van der Waals surface area contributed by atoms with E-state index >= 15 is 0 Å². The minimum Gasteiger partial charge on any atom is -0.343 e. The van der Waals surface area contributed by atoms with Crippen molar-refractivity contribution in [2.24, 2.45) is 5.92 Å². The average molecular weight is 290 g/mol. The fraction of sp³-hybridized carbons (Fsp3) is 0.923. The van der Waals surface area contributed by atoms with Crippen LogP contribution in [-0.2, 0) is 14.6 Å². The van der Waals surface area contributed by atoms with Gasteiger partial charge in [-0.2, -0.15) is 0 Å². The summed E-state index contributed by atoms with van der Waals surface area (Å²) in [6, 6.07) is 0.251. The molecule has 0 saturated carbocycles. The van der Waals surface area contributed by atoms with Gasteiger partial charge in [0.2, 0.25) is 5.91 Å². The quantitative estimate of drug-likeness (QED) is 0.780. The first-order valence-corrected chi connectivity index (χ1v) is 8.81. The Bertz CT molecular complexity index is 387. The normalized spacial score (nSPS) is 17.7. The molecule has 112 valence electrons. The van der Waals surface area contributed by atoms with E-state index in [9.17, 15) is 13.2 Å². The van der Waals surface area contributed by atoms with Crippen molar-refractivity contribution in [1.82, 2.24) is 10.2 Å². The lowest BCUT2D eigenvalue weighted by Crippen LogP contribution is -2.44. The standard InChI is InChI=1S/C13H26N2O3S/c1-11(2)10-19(17,18)9-6-13(16)15(3)12-4-7-14-8-5-12/h11-12,14H,4-10H2,1-3H3. The Balaban J connectivity index is 2.41. The van der Waals surface area contributed by atoms with Gasteiger partial charge in [0.1, 0.15) is 0 Å². The predicted molar refractivity (Wildman–Crippen MR) is 76.8 cm³/mol. The molecule has 6 heteroatoms. The summed E-state index contributed by atoms with van der Waals surface area (Å²) in [5, 5.41) is 3.25. The molecule has 0 aromatic heterocycles. The highest BCUT2D eigenvalue weighted by Crippen LogP contribution is 2.12. The number of carbonyl (C=O) groups excluding carboxylic acids is 1. The van der Waals surface area contributed by atoms with Crippen LogP contribution < -0.4 is 5.32 Å². The van der Waals surface area contributed by atoms with Gasteiger partial charge in [-0.05, 0) is 31.8 Å². The second kappa shape index (κ2) is 7.24. The van der Waals surface area contributed by atoms with Crippen molar-refractivity contribution in [2.75, 3.05) is 31.6 Å². The average Bonchev–Trinajstić information content (AvgIpc) is 2.34. The van der Waals surface area contributed by atoms with Gasteiger partial charge in [-0.25, -0.2) is 8.42 Å². The minimum atomic E-state index is -3.10. The van der Waals surface area contributed by atoms with Crippen LogP contribution in [0.1, 0.15) is 33.1 Å². The topological polar surface area (TPSA) is 66.5 Å². The smallest absolute Gasteiger partial charge is 0.223 e. The molecule has 1 aliphatic rings. The maximum Gasteiger partial charge on any atom is 0.223 e. The number of amides is 1. The van der Waals surface area contributed by atoms with Crippen molar-refractivity contribution in [3.05, 3.63) is 0 Å². The summed E-state index contributed by atoms with van der Waals surface area (Å²) in [7, 11) is -1.31. The van der Waals surface area contributed by atoms with Gasteiger partial charge in [-0.1, -0.05) is 13.8 Å². The lowest BCUT2D eigenvalue weighted by molar-refractivity contribution is -0.132.